The largest absolute Gasteiger partial charge is 0.455 e. The second-order valence-corrected chi connectivity index (χ2v) is 12.9. The molecular weight excluding hydrogens is 639 g/mol. The SMILES string of the molecule is C1=CC(c2cc(-c3cccc(-n4c5ccccc5c5c6oc(-c7ccccc7)c(-c7ccccc7)c6ccc54)c3)nc(-c3ccncc3)n2)=CCN1. The van der Waals surface area contributed by atoms with Crippen molar-refractivity contribution in [3.8, 4) is 50.8 Å². The molecule has 0 fully saturated rings. The van der Waals surface area contributed by atoms with Crippen molar-refractivity contribution in [2.75, 3.05) is 6.54 Å². The van der Waals surface area contributed by atoms with Gasteiger partial charge in [-0.05, 0) is 71.9 Å². The molecule has 0 spiro atoms. The standard InChI is InChI=1S/C46H31N5O/c1-3-10-31(11-4-1)42-37-18-19-41-43(45(37)52-44(42)32-12-5-2-6-13-32)36-16-7-8-17-40(36)51(41)35-15-9-14-34(28-35)39-29-38(30-20-24-47-25-21-30)49-46(50-39)33-22-26-48-27-23-33/h1-24,26-29,47H,25H2. The van der Waals surface area contributed by atoms with Gasteiger partial charge in [0.1, 0.15) is 11.3 Å². The monoisotopic (exact) mass is 669 g/mol. The maximum absolute atomic E-state index is 6.98. The lowest BCUT2D eigenvalue weighted by molar-refractivity contribution is 0.636. The molecule has 52 heavy (non-hydrogen) atoms. The minimum atomic E-state index is 0.661. The lowest BCUT2D eigenvalue weighted by atomic mass is 9.98. The summed E-state index contributed by atoms with van der Waals surface area (Å²) in [5.74, 6) is 1.53. The number of furan rings is 1. The highest BCUT2D eigenvalue weighted by atomic mass is 16.3. The Morgan fingerprint density at radius 3 is 2.15 bits per heavy atom. The summed E-state index contributed by atoms with van der Waals surface area (Å²) >= 11 is 0. The highest BCUT2D eigenvalue weighted by molar-refractivity contribution is 6.22. The summed E-state index contributed by atoms with van der Waals surface area (Å²) in [5.41, 5.74) is 12.1. The maximum Gasteiger partial charge on any atom is 0.160 e. The van der Waals surface area contributed by atoms with Crippen LogP contribution in [0.2, 0.25) is 0 Å². The first-order valence-corrected chi connectivity index (χ1v) is 17.4. The average Bonchev–Trinajstić information content (AvgIpc) is 3.78. The number of benzene rings is 5. The van der Waals surface area contributed by atoms with Gasteiger partial charge in [0.25, 0.3) is 0 Å². The second kappa shape index (κ2) is 12.4. The van der Waals surface area contributed by atoms with Gasteiger partial charge >= 0.3 is 0 Å². The molecule has 10 rings (SSSR count). The summed E-state index contributed by atoms with van der Waals surface area (Å²) in [7, 11) is 0. The molecule has 1 N–H and O–H groups in total. The quantitative estimate of drug-likeness (QED) is 0.191. The normalized spacial score (nSPS) is 12.7. The van der Waals surface area contributed by atoms with Gasteiger partial charge < -0.3 is 14.3 Å². The molecule has 0 unspecified atom stereocenters. The first-order chi connectivity index (χ1) is 25.8. The predicted octanol–water partition coefficient (Wildman–Crippen LogP) is 10.9. The highest BCUT2D eigenvalue weighted by Crippen LogP contribution is 2.46. The number of para-hydroxylation sites is 1. The number of nitrogens with one attached hydrogen (secondary N) is 1. The van der Waals surface area contributed by atoms with Crippen molar-refractivity contribution in [3.63, 3.8) is 0 Å². The van der Waals surface area contributed by atoms with E-state index in [2.05, 4.69) is 148 Å². The van der Waals surface area contributed by atoms with Crippen LogP contribution in [0.1, 0.15) is 5.69 Å². The average molecular weight is 670 g/mol. The van der Waals surface area contributed by atoms with Gasteiger partial charge in [-0.15, -0.1) is 0 Å². The van der Waals surface area contributed by atoms with Crippen LogP contribution >= 0.6 is 0 Å². The second-order valence-electron chi connectivity index (χ2n) is 12.9. The predicted molar refractivity (Wildman–Crippen MR) is 211 cm³/mol. The topological polar surface area (TPSA) is 68.8 Å². The lowest BCUT2D eigenvalue weighted by Gasteiger charge is -2.13. The van der Waals surface area contributed by atoms with E-state index in [1.165, 1.54) is 0 Å². The third-order valence-electron chi connectivity index (χ3n) is 9.77. The van der Waals surface area contributed by atoms with E-state index in [0.29, 0.717) is 5.82 Å². The first kappa shape index (κ1) is 29.8. The highest BCUT2D eigenvalue weighted by Gasteiger charge is 2.23. The molecule has 1 aliphatic heterocycles. The van der Waals surface area contributed by atoms with E-state index in [1.807, 2.05) is 24.4 Å². The Bertz CT molecular complexity index is 2830. The molecule has 0 atom stereocenters. The van der Waals surface area contributed by atoms with Crippen molar-refractivity contribution in [1.82, 2.24) is 24.8 Å². The maximum atomic E-state index is 6.98. The third kappa shape index (κ3) is 5.00. The van der Waals surface area contributed by atoms with Crippen LogP contribution in [0.3, 0.4) is 0 Å². The van der Waals surface area contributed by atoms with Crippen molar-refractivity contribution < 1.29 is 4.42 Å². The van der Waals surface area contributed by atoms with Crippen LogP contribution in [-0.4, -0.2) is 26.1 Å². The molecule has 0 radical (unpaired) electrons. The van der Waals surface area contributed by atoms with Gasteiger partial charge in [0.05, 0.1) is 27.8 Å². The van der Waals surface area contributed by atoms with Gasteiger partial charge in [-0.25, -0.2) is 9.97 Å². The fourth-order valence-electron chi connectivity index (χ4n) is 7.39. The lowest BCUT2D eigenvalue weighted by Crippen LogP contribution is -2.09. The molecule has 0 bridgehead atoms. The Hall–Kier alpha value is -7.05. The molecule has 0 saturated carbocycles. The van der Waals surface area contributed by atoms with Gasteiger partial charge in [0, 0.05) is 57.7 Å². The van der Waals surface area contributed by atoms with E-state index in [4.69, 9.17) is 14.4 Å². The van der Waals surface area contributed by atoms with Crippen LogP contribution in [-0.2, 0) is 0 Å². The third-order valence-corrected chi connectivity index (χ3v) is 9.77. The van der Waals surface area contributed by atoms with Crippen LogP contribution < -0.4 is 5.32 Å². The molecular formula is C46H31N5O. The Morgan fingerprint density at radius 2 is 1.35 bits per heavy atom. The van der Waals surface area contributed by atoms with Crippen molar-refractivity contribution in [3.05, 3.63) is 176 Å². The molecule has 0 saturated heterocycles. The Morgan fingerprint density at radius 1 is 0.596 bits per heavy atom. The molecule has 6 nitrogen and oxygen atoms in total. The van der Waals surface area contributed by atoms with Crippen LogP contribution in [0, 0.1) is 0 Å². The van der Waals surface area contributed by atoms with E-state index in [1.54, 1.807) is 12.4 Å². The summed E-state index contributed by atoms with van der Waals surface area (Å²) < 4.78 is 9.32. The van der Waals surface area contributed by atoms with E-state index < -0.39 is 0 Å². The van der Waals surface area contributed by atoms with Crippen molar-refractivity contribution in [1.29, 1.82) is 0 Å². The van der Waals surface area contributed by atoms with E-state index >= 15 is 0 Å². The Labute approximate surface area is 300 Å². The zero-order valence-corrected chi connectivity index (χ0v) is 28.1. The molecule has 0 aliphatic carbocycles. The van der Waals surface area contributed by atoms with Gasteiger partial charge in [-0.1, -0.05) is 97.1 Å². The molecule has 246 valence electrons. The molecule has 4 aromatic heterocycles. The number of allylic oxidation sites excluding steroid dienone is 2. The number of nitrogens with zero attached hydrogens (tertiary/aromatic N) is 4. The minimum Gasteiger partial charge on any atom is -0.455 e. The first-order valence-electron chi connectivity index (χ1n) is 17.4. The van der Waals surface area contributed by atoms with E-state index in [0.717, 1.165) is 95.5 Å². The number of pyridine rings is 1. The van der Waals surface area contributed by atoms with E-state index in [9.17, 15) is 0 Å². The summed E-state index contributed by atoms with van der Waals surface area (Å²) in [6, 6.07) is 48.6. The van der Waals surface area contributed by atoms with E-state index in [-0.39, 0.29) is 0 Å². The Balaban J connectivity index is 1.19. The molecule has 6 heteroatoms. The fraction of sp³-hybridized carbons (Fsp3) is 0.0217. The summed E-state index contributed by atoms with van der Waals surface area (Å²) in [5, 5.41) is 6.56. The van der Waals surface area contributed by atoms with Crippen LogP contribution in [0.4, 0.5) is 0 Å². The van der Waals surface area contributed by atoms with Crippen molar-refractivity contribution in [2.24, 2.45) is 0 Å². The summed E-state index contributed by atoms with van der Waals surface area (Å²) in [4.78, 5) is 14.3. The molecule has 5 aromatic carbocycles. The fourth-order valence-corrected chi connectivity index (χ4v) is 7.39. The molecule has 1 aliphatic rings. The number of aromatic nitrogens is 4. The minimum absolute atomic E-state index is 0.661. The molecule has 9 aromatic rings. The van der Waals surface area contributed by atoms with Crippen molar-refractivity contribution >= 4 is 38.3 Å². The zero-order chi connectivity index (χ0) is 34.4. The Kier molecular flexibility index (Phi) is 7.10. The number of rotatable bonds is 6. The van der Waals surface area contributed by atoms with Gasteiger partial charge in [0.15, 0.2) is 5.82 Å². The number of fused-ring (bicyclic) bond motifs is 5. The summed E-state index contributed by atoms with van der Waals surface area (Å²) in [6.07, 6.45) is 9.73. The summed E-state index contributed by atoms with van der Waals surface area (Å²) in [6.45, 7) is 0.752. The van der Waals surface area contributed by atoms with Gasteiger partial charge in [-0.3, -0.25) is 4.98 Å². The van der Waals surface area contributed by atoms with Gasteiger partial charge in [0.2, 0.25) is 0 Å². The van der Waals surface area contributed by atoms with Crippen LogP contribution in [0.5, 0.6) is 0 Å². The van der Waals surface area contributed by atoms with Crippen LogP contribution in [0.15, 0.2) is 175 Å². The zero-order valence-electron chi connectivity index (χ0n) is 28.1. The number of dihydropyridines is 1. The number of hydrogen-bond acceptors (Lipinski definition) is 5. The van der Waals surface area contributed by atoms with Gasteiger partial charge in [-0.2, -0.15) is 0 Å². The van der Waals surface area contributed by atoms with Crippen LogP contribution in [0.25, 0.3) is 89.1 Å². The molecule has 0 amide bonds. The smallest absolute Gasteiger partial charge is 0.160 e. The van der Waals surface area contributed by atoms with Crippen molar-refractivity contribution in [2.45, 2.75) is 0 Å². The number of hydrogen-bond donors (Lipinski definition) is 1. The molecule has 5 heterocycles.